The second-order valence-corrected chi connectivity index (χ2v) is 6.31. The SMILES string of the molecule is Cc1ccsc1C(=O)NC1(CN)CCCCC1C. The lowest BCUT2D eigenvalue weighted by Gasteiger charge is -2.42. The number of amides is 1. The summed E-state index contributed by atoms with van der Waals surface area (Å²) in [6.07, 6.45) is 4.56. The van der Waals surface area contributed by atoms with E-state index in [-0.39, 0.29) is 11.4 Å². The lowest BCUT2D eigenvalue weighted by molar-refractivity contribution is 0.0816. The molecule has 1 amide bonds. The van der Waals surface area contributed by atoms with Gasteiger partial charge >= 0.3 is 0 Å². The normalized spacial score (nSPS) is 28.1. The van der Waals surface area contributed by atoms with Gasteiger partial charge in [0.2, 0.25) is 0 Å². The molecule has 0 radical (unpaired) electrons. The van der Waals surface area contributed by atoms with Crippen molar-refractivity contribution >= 4 is 17.2 Å². The molecule has 0 bridgehead atoms. The first kappa shape index (κ1) is 13.6. The van der Waals surface area contributed by atoms with Crippen LogP contribution in [0.4, 0.5) is 0 Å². The zero-order chi connectivity index (χ0) is 13.2. The van der Waals surface area contributed by atoms with Crippen molar-refractivity contribution in [1.82, 2.24) is 5.32 Å². The Labute approximate surface area is 113 Å². The summed E-state index contributed by atoms with van der Waals surface area (Å²) in [6.45, 7) is 4.71. The third-order valence-corrected chi connectivity index (χ3v) is 5.26. The van der Waals surface area contributed by atoms with Crippen molar-refractivity contribution in [1.29, 1.82) is 0 Å². The van der Waals surface area contributed by atoms with Gasteiger partial charge in [0.15, 0.2) is 0 Å². The van der Waals surface area contributed by atoms with Crippen molar-refractivity contribution in [3.8, 4) is 0 Å². The van der Waals surface area contributed by atoms with E-state index in [2.05, 4.69) is 12.2 Å². The van der Waals surface area contributed by atoms with Crippen LogP contribution in [-0.4, -0.2) is 18.0 Å². The summed E-state index contributed by atoms with van der Waals surface area (Å²) in [7, 11) is 0. The van der Waals surface area contributed by atoms with E-state index < -0.39 is 0 Å². The molecule has 2 atom stereocenters. The number of nitrogens with one attached hydrogen (secondary N) is 1. The molecule has 2 rings (SSSR count). The largest absolute Gasteiger partial charge is 0.344 e. The maximum Gasteiger partial charge on any atom is 0.262 e. The number of aryl methyl sites for hydroxylation is 1. The Hall–Kier alpha value is -0.870. The Morgan fingerprint density at radius 3 is 2.94 bits per heavy atom. The standard InChI is InChI=1S/C14H22N2OS/c1-10-6-8-18-12(10)13(17)16-14(9-15)7-4-3-5-11(14)2/h6,8,11H,3-5,7,9,15H2,1-2H3,(H,16,17). The van der Waals surface area contributed by atoms with E-state index >= 15 is 0 Å². The number of carbonyl (C=O) groups is 1. The van der Waals surface area contributed by atoms with E-state index in [1.54, 1.807) is 0 Å². The summed E-state index contributed by atoms with van der Waals surface area (Å²) in [4.78, 5) is 13.2. The van der Waals surface area contributed by atoms with E-state index in [1.807, 2.05) is 18.4 Å². The Kier molecular flexibility index (Phi) is 4.07. The van der Waals surface area contributed by atoms with Crippen LogP contribution in [0.25, 0.3) is 0 Å². The molecule has 1 saturated carbocycles. The van der Waals surface area contributed by atoms with Gasteiger partial charge in [0.1, 0.15) is 0 Å². The van der Waals surface area contributed by atoms with Gasteiger partial charge in [0, 0.05) is 6.54 Å². The molecule has 2 unspecified atom stereocenters. The van der Waals surface area contributed by atoms with E-state index in [1.165, 1.54) is 17.8 Å². The lowest BCUT2D eigenvalue weighted by Crippen LogP contribution is -2.59. The van der Waals surface area contributed by atoms with Crippen LogP contribution in [0.3, 0.4) is 0 Å². The molecule has 1 aromatic heterocycles. The Balaban J connectivity index is 2.15. The topological polar surface area (TPSA) is 55.1 Å². The fraction of sp³-hybridized carbons (Fsp3) is 0.643. The summed E-state index contributed by atoms with van der Waals surface area (Å²) in [5, 5.41) is 5.18. The number of carbonyl (C=O) groups excluding carboxylic acids is 1. The van der Waals surface area contributed by atoms with Crippen LogP contribution in [0.15, 0.2) is 11.4 Å². The van der Waals surface area contributed by atoms with Crippen LogP contribution < -0.4 is 11.1 Å². The van der Waals surface area contributed by atoms with E-state index in [9.17, 15) is 4.79 Å². The minimum Gasteiger partial charge on any atom is -0.344 e. The van der Waals surface area contributed by atoms with Crippen molar-refractivity contribution < 1.29 is 4.79 Å². The number of hydrogen-bond donors (Lipinski definition) is 2. The average molecular weight is 266 g/mol. The smallest absolute Gasteiger partial charge is 0.262 e. The minimum atomic E-state index is -0.203. The average Bonchev–Trinajstić information content (AvgIpc) is 2.78. The van der Waals surface area contributed by atoms with Gasteiger partial charge in [-0.3, -0.25) is 4.79 Å². The van der Waals surface area contributed by atoms with Crippen molar-refractivity contribution in [2.24, 2.45) is 11.7 Å². The fourth-order valence-corrected chi connectivity index (χ4v) is 3.66. The monoisotopic (exact) mass is 266 g/mol. The minimum absolute atomic E-state index is 0.0432. The zero-order valence-corrected chi connectivity index (χ0v) is 12.0. The quantitative estimate of drug-likeness (QED) is 0.883. The summed E-state index contributed by atoms with van der Waals surface area (Å²) in [5.41, 5.74) is 6.80. The molecule has 0 spiro atoms. The van der Waals surface area contributed by atoms with Gasteiger partial charge in [-0.25, -0.2) is 0 Å². The van der Waals surface area contributed by atoms with E-state index in [0.29, 0.717) is 12.5 Å². The predicted molar refractivity (Wildman–Crippen MR) is 75.9 cm³/mol. The molecule has 1 aliphatic carbocycles. The molecule has 1 heterocycles. The third kappa shape index (κ3) is 2.45. The summed E-state index contributed by atoms with van der Waals surface area (Å²) in [5.74, 6) is 0.502. The molecular weight excluding hydrogens is 244 g/mol. The van der Waals surface area contributed by atoms with Crippen LogP contribution in [0.5, 0.6) is 0 Å². The molecule has 0 aromatic carbocycles. The van der Waals surface area contributed by atoms with Gasteiger partial charge < -0.3 is 11.1 Å². The molecule has 18 heavy (non-hydrogen) atoms. The van der Waals surface area contributed by atoms with Gasteiger partial charge in [-0.2, -0.15) is 0 Å². The number of thiophene rings is 1. The number of hydrogen-bond acceptors (Lipinski definition) is 3. The maximum absolute atomic E-state index is 12.3. The molecule has 0 aliphatic heterocycles. The van der Waals surface area contributed by atoms with Crippen molar-refractivity contribution in [2.75, 3.05) is 6.54 Å². The molecule has 1 aliphatic rings. The molecule has 1 aromatic rings. The summed E-state index contributed by atoms with van der Waals surface area (Å²) < 4.78 is 0. The van der Waals surface area contributed by atoms with Crippen LogP contribution in [0, 0.1) is 12.8 Å². The second kappa shape index (κ2) is 5.41. The van der Waals surface area contributed by atoms with Crippen LogP contribution in [0.2, 0.25) is 0 Å². The van der Waals surface area contributed by atoms with Crippen LogP contribution in [0.1, 0.15) is 47.8 Å². The molecule has 4 heteroatoms. The van der Waals surface area contributed by atoms with Gasteiger partial charge in [-0.15, -0.1) is 11.3 Å². The fourth-order valence-electron chi connectivity index (χ4n) is 2.84. The number of rotatable bonds is 3. The maximum atomic E-state index is 12.3. The Morgan fingerprint density at radius 1 is 1.61 bits per heavy atom. The van der Waals surface area contributed by atoms with Crippen molar-refractivity contribution in [3.05, 3.63) is 21.9 Å². The highest BCUT2D eigenvalue weighted by Gasteiger charge is 2.38. The highest BCUT2D eigenvalue weighted by Crippen LogP contribution is 2.33. The Bertz CT molecular complexity index is 429. The van der Waals surface area contributed by atoms with Gasteiger partial charge in [0.25, 0.3) is 5.91 Å². The first-order valence-electron chi connectivity index (χ1n) is 6.66. The lowest BCUT2D eigenvalue weighted by atomic mass is 9.73. The highest BCUT2D eigenvalue weighted by atomic mass is 32.1. The van der Waals surface area contributed by atoms with Gasteiger partial charge in [-0.1, -0.05) is 19.8 Å². The van der Waals surface area contributed by atoms with E-state index in [4.69, 9.17) is 5.73 Å². The van der Waals surface area contributed by atoms with Gasteiger partial charge in [-0.05, 0) is 42.7 Å². The van der Waals surface area contributed by atoms with Crippen molar-refractivity contribution in [2.45, 2.75) is 45.1 Å². The van der Waals surface area contributed by atoms with Gasteiger partial charge in [0.05, 0.1) is 10.4 Å². The number of nitrogens with two attached hydrogens (primary N) is 1. The third-order valence-electron chi connectivity index (χ3n) is 4.25. The van der Waals surface area contributed by atoms with Crippen LogP contribution in [-0.2, 0) is 0 Å². The van der Waals surface area contributed by atoms with Crippen LogP contribution >= 0.6 is 11.3 Å². The highest BCUT2D eigenvalue weighted by molar-refractivity contribution is 7.12. The zero-order valence-electron chi connectivity index (χ0n) is 11.2. The summed E-state index contributed by atoms with van der Waals surface area (Å²) in [6, 6.07) is 1.99. The predicted octanol–water partition coefficient (Wildman–Crippen LogP) is 2.69. The van der Waals surface area contributed by atoms with E-state index in [0.717, 1.165) is 29.7 Å². The molecule has 3 N–H and O–H groups in total. The molecular formula is C14H22N2OS. The second-order valence-electron chi connectivity index (χ2n) is 5.39. The molecule has 0 saturated heterocycles. The summed E-state index contributed by atoms with van der Waals surface area (Å²) >= 11 is 1.50. The molecule has 3 nitrogen and oxygen atoms in total. The molecule has 1 fully saturated rings. The first-order chi connectivity index (χ1) is 8.59. The van der Waals surface area contributed by atoms with Crippen molar-refractivity contribution in [3.63, 3.8) is 0 Å². The molecule has 100 valence electrons. The Morgan fingerprint density at radius 2 is 2.39 bits per heavy atom. The first-order valence-corrected chi connectivity index (χ1v) is 7.54.